The molecule has 1 N–H and O–H groups in total. The molecule has 0 radical (unpaired) electrons. The minimum Gasteiger partial charge on any atom is -0.376 e. The quantitative estimate of drug-likeness (QED) is 0.897. The van der Waals surface area contributed by atoms with E-state index in [0.717, 1.165) is 37.2 Å². The van der Waals surface area contributed by atoms with Crippen molar-refractivity contribution >= 4 is 11.7 Å². The number of hydrogen-bond acceptors (Lipinski definition) is 4. The number of ketones is 1. The summed E-state index contributed by atoms with van der Waals surface area (Å²) in [6.45, 7) is 4.67. The van der Waals surface area contributed by atoms with E-state index in [1.807, 2.05) is 18.2 Å². The minimum absolute atomic E-state index is 0.0460. The predicted octanol–water partition coefficient (Wildman–Crippen LogP) is 1.41. The molecule has 0 spiro atoms. The van der Waals surface area contributed by atoms with E-state index in [9.17, 15) is 9.59 Å². The Balaban J connectivity index is 1.46. The fraction of sp³-hybridized carbons (Fsp3) is 0.556. The monoisotopic (exact) mass is 314 g/mol. The van der Waals surface area contributed by atoms with Gasteiger partial charge in [0.25, 0.3) is 5.91 Å². The lowest BCUT2D eigenvalue weighted by Crippen LogP contribution is -2.45. The molecule has 2 heterocycles. The van der Waals surface area contributed by atoms with Crippen LogP contribution in [0.1, 0.15) is 46.0 Å². The summed E-state index contributed by atoms with van der Waals surface area (Å²) >= 11 is 0. The Morgan fingerprint density at radius 3 is 3.04 bits per heavy atom. The molecule has 4 rings (SSSR count). The van der Waals surface area contributed by atoms with Gasteiger partial charge >= 0.3 is 0 Å². The number of morpholine rings is 1. The van der Waals surface area contributed by atoms with Crippen molar-refractivity contribution in [3.63, 3.8) is 0 Å². The normalized spacial score (nSPS) is 30.1. The van der Waals surface area contributed by atoms with Crippen LogP contribution in [0.25, 0.3) is 0 Å². The maximum Gasteiger partial charge on any atom is 0.251 e. The first-order valence-electron chi connectivity index (χ1n) is 8.43. The Labute approximate surface area is 136 Å². The molecule has 23 heavy (non-hydrogen) atoms. The minimum atomic E-state index is -0.0460. The van der Waals surface area contributed by atoms with E-state index in [4.69, 9.17) is 4.74 Å². The highest BCUT2D eigenvalue weighted by molar-refractivity contribution is 6.05. The number of hydrogen-bond donors (Lipinski definition) is 1. The summed E-state index contributed by atoms with van der Waals surface area (Å²) in [7, 11) is 0. The Kier molecular flexibility index (Phi) is 3.70. The number of ether oxygens (including phenoxy) is 1. The van der Waals surface area contributed by atoms with Crippen molar-refractivity contribution in [2.75, 3.05) is 19.7 Å². The summed E-state index contributed by atoms with van der Waals surface area (Å²) in [6.07, 6.45) is 2.41. The zero-order chi connectivity index (χ0) is 16.0. The van der Waals surface area contributed by atoms with E-state index in [1.54, 1.807) is 0 Å². The number of carbonyl (C=O) groups is 2. The summed E-state index contributed by atoms with van der Waals surface area (Å²) in [6, 6.07) is 6.05. The Morgan fingerprint density at radius 2 is 2.17 bits per heavy atom. The highest BCUT2D eigenvalue weighted by Crippen LogP contribution is 2.27. The molecule has 3 aliphatic rings. The number of fused-ring (bicyclic) bond motifs is 2. The number of rotatable bonds is 2. The summed E-state index contributed by atoms with van der Waals surface area (Å²) in [5, 5.41) is 3.16. The first-order chi connectivity index (χ1) is 11.1. The number of nitrogens with one attached hydrogen (secondary N) is 1. The van der Waals surface area contributed by atoms with Crippen LogP contribution < -0.4 is 5.32 Å². The van der Waals surface area contributed by atoms with Crippen LogP contribution in [0.4, 0.5) is 0 Å². The van der Waals surface area contributed by atoms with E-state index in [0.29, 0.717) is 24.4 Å². The Hall–Kier alpha value is -1.72. The fourth-order valence-electron chi connectivity index (χ4n) is 4.11. The van der Waals surface area contributed by atoms with Crippen LogP contribution in [0.5, 0.6) is 0 Å². The van der Waals surface area contributed by atoms with Crippen molar-refractivity contribution in [2.45, 2.75) is 44.4 Å². The molecule has 2 saturated heterocycles. The second-order valence-corrected chi connectivity index (χ2v) is 6.91. The number of Topliss-reactive ketones (excluding diaryl/α,β-unsaturated/α-hetero) is 1. The maximum atomic E-state index is 12.7. The molecular formula is C18H22N2O3. The third-order valence-electron chi connectivity index (χ3n) is 5.25. The van der Waals surface area contributed by atoms with Crippen molar-refractivity contribution in [3.8, 4) is 0 Å². The topological polar surface area (TPSA) is 58.6 Å². The van der Waals surface area contributed by atoms with E-state index >= 15 is 0 Å². The summed E-state index contributed by atoms with van der Waals surface area (Å²) < 4.78 is 5.71. The molecule has 2 fully saturated rings. The van der Waals surface area contributed by atoms with Crippen LogP contribution in [0, 0.1) is 0 Å². The van der Waals surface area contributed by atoms with Gasteiger partial charge < -0.3 is 10.1 Å². The smallest absolute Gasteiger partial charge is 0.251 e. The van der Waals surface area contributed by atoms with Crippen molar-refractivity contribution in [1.82, 2.24) is 10.2 Å². The second-order valence-electron chi connectivity index (χ2n) is 6.91. The Morgan fingerprint density at radius 1 is 1.30 bits per heavy atom. The molecule has 2 aliphatic heterocycles. The molecule has 1 aromatic carbocycles. The van der Waals surface area contributed by atoms with Gasteiger partial charge in [0.15, 0.2) is 5.78 Å². The van der Waals surface area contributed by atoms with Crippen LogP contribution in [-0.2, 0) is 11.2 Å². The predicted molar refractivity (Wildman–Crippen MR) is 85.7 cm³/mol. The lowest BCUT2D eigenvalue weighted by Gasteiger charge is -2.33. The standard InChI is InChI=1S/C18H22N2O3/c1-11-8-20-9-12(7-13(20)10-23-11)19-18(22)16-4-2-3-15-14(16)5-6-17(15)21/h2-4,11-13H,5-10H2,1H3,(H,19,22)/t11-,12+,13-/m0/s1. The molecule has 1 aromatic rings. The SMILES string of the molecule is C[C@H]1CN2C[C@H](NC(=O)c3cccc4c3CCC4=O)C[C@H]2CO1. The maximum absolute atomic E-state index is 12.7. The summed E-state index contributed by atoms with van der Waals surface area (Å²) in [4.78, 5) is 26.9. The van der Waals surface area contributed by atoms with E-state index < -0.39 is 0 Å². The molecule has 122 valence electrons. The third kappa shape index (κ3) is 2.68. The average Bonchev–Trinajstić information content (AvgIpc) is 3.10. The number of benzene rings is 1. The lowest BCUT2D eigenvalue weighted by molar-refractivity contribution is -0.0390. The van der Waals surface area contributed by atoms with Gasteiger partial charge in [0.2, 0.25) is 0 Å². The van der Waals surface area contributed by atoms with E-state index in [-0.39, 0.29) is 23.8 Å². The molecule has 0 aromatic heterocycles. The van der Waals surface area contributed by atoms with Crippen LogP contribution in [-0.4, -0.2) is 54.5 Å². The first-order valence-corrected chi connectivity index (χ1v) is 8.43. The summed E-state index contributed by atoms with van der Waals surface area (Å²) in [5.41, 5.74) is 2.31. The van der Waals surface area contributed by atoms with Crippen molar-refractivity contribution < 1.29 is 14.3 Å². The zero-order valence-corrected chi connectivity index (χ0v) is 13.4. The molecule has 0 bridgehead atoms. The van der Waals surface area contributed by atoms with Crippen molar-refractivity contribution in [2.24, 2.45) is 0 Å². The van der Waals surface area contributed by atoms with E-state index in [2.05, 4.69) is 17.1 Å². The van der Waals surface area contributed by atoms with Gasteiger partial charge in [0.1, 0.15) is 0 Å². The largest absolute Gasteiger partial charge is 0.376 e. The molecule has 1 aliphatic carbocycles. The van der Waals surface area contributed by atoms with Gasteiger partial charge in [-0.1, -0.05) is 12.1 Å². The van der Waals surface area contributed by atoms with Gasteiger partial charge in [-0.15, -0.1) is 0 Å². The molecule has 5 heteroatoms. The first kappa shape index (κ1) is 14.8. The van der Waals surface area contributed by atoms with Crippen molar-refractivity contribution in [1.29, 1.82) is 0 Å². The van der Waals surface area contributed by atoms with Crippen LogP contribution in [0.3, 0.4) is 0 Å². The molecular weight excluding hydrogens is 292 g/mol. The fourth-order valence-corrected chi connectivity index (χ4v) is 4.11. The van der Waals surface area contributed by atoms with Gasteiger partial charge in [-0.05, 0) is 31.4 Å². The highest BCUT2D eigenvalue weighted by atomic mass is 16.5. The molecule has 3 atom stereocenters. The van der Waals surface area contributed by atoms with Gasteiger partial charge in [-0.2, -0.15) is 0 Å². The highest BCUT2D eigenvalue weighted by Gasteiger charge is 2.37. The summed E-state index contributed by atoms with van der Waals surface area (Å²) in [5.74, 6) is 0.106. The van der Waals surface area contributed by atoms with Gasteiger partial charge in [0.05, 0.1) is 12.7 Å². The zero-order valence-electron chi connectivity index (χ0n) is 13.4. The van der Waals surface area contributed by atoms with Crippen LogP contribution in [0.2, 0.25) is 0 Å². The average molecular weight is 314 g/mol. The van der Waals surface area contributed by atoms with Gasteiger partial charge in [-0.3, -0.25) is 14.5 Å². The third-order valence-corrected chi connectivity index (χ3v) is 5.25. The molecule has 0 saturated carbocycles. The number of nitrogens with zero attached hydrogens (tertiary/aromatic N) is 1. The molecule has 5 nitrogen and oxygen atoms in total. The lowest BCUT2D eigenvalue weighted by atomic mass is 10.0. The van der Waals surface area contributed by atoms with Crippen LogP contribution in [0.15, 0.2) is 18.2 Å². The Bertz CT molecular complexity index is 658. The molecule has 1 amide bonds. The van der Waals surface area contributed by atoms with Gasteiger partial charge in [-0.25, -0.2) is 0 Å². The molecule has 0 unspecified atom stereocenters. The van der Waals surface area contributed by atoms with Gasteiger partial charge in [0, 0.05) is 42.7 Å². The number of carbonyl (C=O) groups excluding carboxylic acids is 2. The number of amides is 1. The van der Waals surface area contributed by atoms with Crippen molar-refractivity contribution in [3.05, 3.63) is 34.9 Å². The second kappa shape index (κ2) is 5.73. The van der Waals surface area contributed by atoms with Crippen LogP contribution >= 0.6 is 0 Å². The van der Waals surface area contributed by atoms with E-state index in [1.165, 1.54) is 0 Å².